The summed E-state index contributed by atoms with van der Waals surface area (Å²) in [7, 11) is 3.20. The van der Waals surface area contributed by atoms with Gasteiger partial charge in [-0.2, -0.15) is 0 Å². The zero-order chi connectivity index (χ0) is 19.9. The Hall–Kier alpha value is -3.54. The number of rotatable bonds is 8. The highest BCUT2D eigenvalue weighted by Crippen LogP contribution is 2.18. The van der Waals surface area contributed by atoms with Gasteiger partial charge in [0, 0.05) is 18.4 Å². The van der Waals surface area contributed by atoms with E-state index in [2.05, 4.69) is 5.32 Å². The predicted molar refractivity (Wildman–Crippen MR) is 106 cm³/mol. The van der Waals surface area contributed by atoms with Crippen molar-refractivity contribution in [2.24, 2.45) is 0 Å². The molecular weight excluding hydrogens is 356 g/mol. The molecule has 0 saturated carbocycles. The molecule has 1 N–H and O–H groups in total. The summed E-state index contributed by atoms with van der Waals surface area (Å²) in [5.74, 6) is 0.263. The van der Waals surface area contributed by atoms with Crippen LogP contribution in [0.4, 0.5) is 0 Å². The largest absolute Gasteiger partial charge is 0.497 e. The zero-order valence-electron chi connectivity index (χ0n) is 15.8. The summed E-state index contributed by atoms with van der Waals surface area (Å²) in [5, 5.41) is 2.69. The molecule has 0 fully saturated rings. The first-order valence-electron chi connectivity index (χ1n) is 8.90. The number of ether oxygens (including phenoxy) is 2. The zero-order valence-corrected chi connectivity index (χ0v) is 15.8. The molecule has 0 aliphatic heterocycles. The summed E-state index contributed by atoms with van der Waals surface area (Å²) in [4.78, 5) is 25.0. The molecular formula is C22H22N2O4. The number of ketones is 1. The minimum absolute atomic E-state index is 0.306. The number of para-hydroxylation sites is 1. The molecule has 3 rings (SSSR count). The molecule has 144 valence electrons. The van der Waals surface area contributed by atoms with E-state index >= 15 is 0 Å². The number of hydrogen-bond donors (Lipinski definition) is 1. The van der Waals surface area contributed by atoms with Crippen molar-refractivity contribution in [3.63, 3.8) is 0 Å². The maximum absolute atomic E-state index is 12.6. The third-order valence-corrected chi connectivity index (χ3v) is 4.41. The summed E-state index contributed by atoms with van der Waals surface area (Å²) in [6.45, 7) is 0.341. The SMILES string of the molecule is COc1ccc(-n2cccc2C(=O)C(=O)NCCc2ccccc2OC)cc1. The van der Waals surface area contributed by atoms with Crippen LogP contribution in [0.15, 0.2) is 66.9 Å². The standard InChI is InChI=1S/C22H22N2O4/c1-27-18-11-9-17(10-12-18)24-15-5-7-19(24)21(25)22(26)23-14-13-16-6-3-4-8-20(16)28-2/h3-12,15H,13-14H2,1-2H3,(H,23,26). The second-order valence-corrected chi connectivity index (χ2v) is 6.11. The molecule has 0 saturated heterocycles. The number of carbonyl (C=O) groups excluding carboxylic acids is 2. The first-order valence-corrected chi connectivity index (χ1v) is 8.90. The van der Waals surface area contributed by atoms with Crippen LogP contribution < -0.4 is 14.8 Å². The van der Waals surface area contributed by atoms with E-state index in [0.29, 0.717) is 18.7 Å². The lowest BCUT2D eigenvalue weighted by Crippen LogP contribution is -2.33. The van der Waals surface area contributed by atoms with E-state index in [1.54, 1.807) is 49.2 Å². The monoisotopic (exact) mass is 378 g/mol. The van der Waals surface area contributed by atoms with Gasteiger partial charge >= 0.3 is 0 Å². The Balaban J connectivity index is 1.65. The van der Waals surface area contributed by atoms with Gasteiger partial charge in [-0.15, -0.1) is 0 Å². The Kier molecular flexibility index (Phi) is 6.11. The molecule has 2 aromatic carbocycles. The fourth-order valence-corrected chi connectivity index (χ4v) is 2.95. The van der Waals surface area contributed by atoms with Gasteiger partial charge in [0.1, 0.15) is 11.5 Å². The minimum Gasteiger partial charge on any atom is -0.497 e. The first kappa shape index (κ1) is 19.2. The lowest BCUT2D eigenvalue weighted by Gasteiger charge is -2.11. The lowest BCUT2D eigenvalue weighted by atomic mass is 10.1. The van der Waals surface area contributed by atoms with Crippen LogP contribution >= 0.6 is 0 Å². The predicted octanol–water partition coefficient (Wildman–Crippen LogP) is 3.04. The van der Waals surface area contributed by atoms with E-state index < -0.39 is 11.7 Å². The molecule has 1 heterocycles. The highest BCUT2D eigenvalue weighted by atomic mass is 16.5. The summed E-state index contributed by atoms with van der Waals surface area (Å²) in [6.07, 6.45) is 2.32. The molecule has 28 heavy (non-hydrogen) atoms. The molecule has 0 atom stereocenters. The van der Waals surface area contributed by atoms with Crippen molar-refractivity contribution in [3.05, 3.63) is 78.1 Å². The van der Waals surface area contributed by atoms with Gasteiger partial charge in [0.15, 0.2) is 0 Å². The molecule has 6 heteroatoms. The Morgan fingerprint density at radius 2 is 1.68 bits per heavy atom. The van der Waals surface area contributed by atoms with Gasteiger partial charge in [0.25, 0.3) is 11.7 Å². The van der Waals surface area contributed by atoms with E-state index in [9.17, 15) is 9.59 Å². The van der Waals surface area contributed by atoms with Crippen molar-refractivity contribution >= 4 is 11.7 Å². The van der Waals surface area contributed by atoms with Crippen LogP contribution in [0.1, 0.15) is 16.1 Å². The highest BCUT2D eigenvalue weighted by molar-refractivity contribution is 6.42. The normalized spacial score (nSPS) is 10.4. The van der Waals surface area contributed by atoms with Gasteiger partial charge in [-0.3, -0.25) is 9.59 Å². The summed E-state index contributed by atoms with van der Waals surface area (Å²) in [6, 6.07) is 18.2. The third kappa shape index (κ3) is 4.23. The number of benzene rings is 2. The number of nitrogens with one attached hydrogen (secondary N) is 1. The molecule has 1 amide bonds. The smallest absolute Gasteiger partial charge is 0.294 e. The molecule has 6 nitrogen and oxygen atoms in total. The fourth-order valence-electron chi connectivity index (χ4n) is 2.95. The summed E-state index contributed by atoms with van der Waals surface area (Å²) >= 11 is 0. The number of methoxy groups -OCH3 is 2. The van der Waals surface area contributed by atoms with Gasteiger partial charge in [-0.1, -0.05) is 18.2 Å². The van der Waals surface area contributed by atoms with Gasteiger partial charge in [0.05, 0.1) is 19.9 Å². The molecule has 0 aliphatic carbocycles. The van der Waals surface area contributed by atoms with E-state index in [1.807, 2.05) is 36.4 Å². The maximum atomic E-state index is 12.6. The minimum atomic E-state index is -0.636. The number of Topliss-reactive ketones (excluding diaryl/α,β-unsaturated/α-hetero) is 1. The quantitative estimate of drug-likeness (QED) is 0.483. The number of amides is 1. The maximum Gasteiger partial charge on any atom is 0.294 e. The fraction of sp³-hybridized carbons (Fsp3) is 0.182. The molecule has 1 aromatic heterocycles. The van der Waals surface area contributed by atoms with Crippen molar-refractivity contribution in [2.75, 3.05) is 20.8 Å². The summed E-state index contributed by atoms with van der Waals surface area (Å²) < 4.78 is 12.1. The van der Waals surface area contributed by atoms with E-state index in [4.69, 9.17) is 9.47 Å². The first-order chi connectivity index (χ1) is 13.6. The molecule has 0 bridgehead atoms. The van der Waals surface area contributed by atoms with Crippen molar-refractivity contribution in [1.82, 2.24) is 9.88 Å². The van der Waals surface area contributed by atoms with Crippen molar-refractivity contribution in [3.8, 4) is 17.2 Å². The number of hydrogen-bond acceptors (Lipinski definition) is 4. The second-order valence-electron chi connectivity index (χ2n) is 6.11. The Labute approximate surface area is 163 Å². The van der Waals surface area contributed by atoms with Crippen LogP contribution in [0.5, 0.6) is 11.5 Å². The molecule has 0 unspecified atom stereocenters. The van der Waals surface area contributed by atoms with Crippen LogP contribution in [-0.2, 0) is 11.2 Å². The molecule has 0 spiro atoms. The van der Waals surface area contributed by atoms with Crippen LogP contribution in [0, 0.1) is 0 Å². The molecule has 3 aromatic rings. The highest BCUT2D eigenvalue weighted by Gasteiger charge is 2.20. The lowest BCUT2D eigenvalue weighted by molar-refractivity contribution is -0.117. The Morgan fingerprint density at radius 3 is 2.39 bits per heavy atom. The Morgan fingerprint density at radius 1 is 0.929 bits per heavy atom. The van der Waals surface area contributed by atoms with Crippen LogP contribution in [0.2, 0.25) is 0 Å². The topological polar surface area (TPSA) is 69.6 Å². The van der Waals surface area contributed by atoms with E-state index in [0.717, 1.165) is 22.7 Å². The van der Waals surface area contributed by atoms with Gasteiger partial charge in [0.2, 0.25) is 0 Å². The Bertz CT molecular complexity index is 961. The second kappa shape index (κ2) is 8.90. The molecule has 0 aliphatic rings. The van der Waals surface area contributed by atoms with Crippen LogP contribution in [0.3, 0.4) is 0 Å². The van der Waals surface area contributed by atoms with Gasteiger partial charge < -0.3 is 19.4 Å². The van der Waals surface area contributed by atoms with Gasteiger partial charge in [-0.25, -0.2) is 0 Å². The van der Waals surface area contributed by atoms with Crippen molar-refractivity contribution < 1.29 is 19.1 Å². The van der Waals surface area contributed by atoms with Crippen molar-refractivity contribution in [1.29, 1.82) is 0 Å². The number of nitrogens with zero attached hydrogens (tertiary/aromatic N) is 1. The third-order valence-electron chi connectivity index (χ3n) is 4.41. The van der Waals surface area contributed by atoms with Gasteiger partial charge in [-0.05, 0) is 54.4 Å². The van der Waals surface area contributed by atoms with E-state index in [-0.39, 0.29) is 0 Å². The number of aromatic nitrogens is 1. The summed E-state index contributed by atoms with van der Waals surface area (Å²) in [5.41, 5.74) is 2.05. The number of carbonyl (C=O) groups is 2. The molecule has 0 radical (unpaired) electrons. The van der Waals surface area contributed by atoms with Crippen LogP contribution in [-0.4, -0.2) is 37.0 Å². The average molecular weight is 378 g/mol. The van der Waals surface area contributed by atoms with Crippen molar-refractivity contribution in [2.45, 2.75) is 6.42 Å². The van der Waals surface area contributed by atoms with Crippen LogP contribution in [0.25, 0.3) is 5.69 Å². The average Bonchev–Trinajstić information content (AvgIpc) is 3.23. The van der Waals surface area contributed by atoms with E-state index in [1.165, 1.54) is 0 Å².